The van der Waals surface area contributed by atoms with Gasteiger partial charge in [-0.15, -0.1) is 11.3 Å². The molecule has 2 aromatic heterocycles. The van der Waals surface area contributed by atoms with Crippen LogP contribution < -0.4 is 19.8 Å². The van der Waals surface area contributed by atoms with E-state index >= 15 is 0 Å². The Hall–Kier alpha value is -2.58. The molecule has 3 aromatic rings. The van der Waals surface area contributed by atoms with Crippen molar-refractivity contribution in [3.63, 3.8) is 0 Å². The van der Waals surface area contributed by atoms with Crippen molar-refractivity contribution in [1.82, 2.24) is 9.55 Å². The van der Waals surface area contributed by atoms with Crippen LogP contribution in [0.1, 0.15) is 23.3 Å². The summed E-state index contributed by atoms with van der Waals surface area (Å²) in [5.41, 5.74) is 1.90. The van der Waals surface area contributed by atoms with Crippen molar-refractivity contribution in [2.75, 3.05) is 35.0 Å². The molecule has 0 saturated carbocycles. The maximum atomic E-state index is 13.6. The third kappa shape index (κ3) is 3.44. The van der Waals surface area contributed by atoms with Gasteiger partial charge in [-0.25, -0.2) is 4.98 Å². The van der Waals surface area contributed by atoms with Crippen LogP contribution in [0.2, 0.25) is 0 Å². The van der Waals surface area contributed by atoms with E-state index in [-0.39, 0.29) is 5.56 Å². The van der Waals surface area contributed by atoms with E-state index in [1.807, 2.05) is 12.1 Å². The molecule has 1 aromatic carbocycles. The molecule has 0 aliphatic heterocycles. The van der Waals surface area contributed by atoms with Gasteiger partial charge in [0, 0.05) is 17.6 Å². The minimum absolute atomic E-state index is 0.0137. The SMILES string of the molecule is COCCn1c(-c2cc(OC)c(OC)c(OC)c2)nc2sc3c(c2c1=O)CCCC3. The molecule has 8 heteroatoms. The Morgan fingerprint density at radius 1 is 1.03 bits per heavy atom. The predicted molar refractivity (Wildman–Crippen MR) is 117 cm³/mol. The van der Waals surface area contributed by atoms with E-state index in [4.69, 9.17) is 23.9 Å². The van der Waals surface area contributed by atoms with Crippen molar-refractivity contribution in [2.45, 2.75) is 32.2 Å². The predicted octanol–water partition coefficient (Wildman–Crippen LogP) is 3.68. The molecule has 0 amide bonds. The molecule has 1 aliphatic carbocycles. The maximum Gasteiger partial charge on any atom is 0.262 e. The maximum absolute atomic E-state index is 13.6. The number of aromatic nitrogens is 2. The summed E-state index contributed by atoms with van der Waals surface area (Å²) in [5.74, 6) is 2.11. The summed E-state index contributed by atoms with van der Waals surface area (Å²) >= 11 is 1.64. The third-order valence-electron chi connectivity index (χ3n) is 5.52. The summed E-state index contributed by atoms with van der Waals surface area (Å²) in [6, 6.07) is 3.65. The van der Waals surface area contributed by atoms with Gasteiger partial charge in [0.25, 0.3) is 5.56 Å². The van der Waals surface area contributed by atoms with Crippen molar-refractivity contribution >= 4 is 21.6 Å². The Kier molecular flexibility index (Phi) is 5.97. The van der Waals surface area contributed by atoms with Crippen molar-refractivity contribution in [2.24, 2.45) is 0 Å². The highest BCUT2D eigenvalue weighted by atomic mass is 32.1. The molecular weight excluding hydrogens is 404 g/mol. The highest BCUT2D eigenvalue weighted by Gasteiger charge is 2.24. The third-order valence-corrected chi connectivity index (χ3v) is 6.70. The van der Waals surface area contributed by atoms with Crippen LogP contribution in [-0.2, 0) is 24.1 Å². The topological polar surface area (TPSA) is 71.8 Å². The molecule has 0 bridgehead atoms. The monoisotopic (exact) mass is 430 g/mol. The molecule has 0 N–H and O–H groups in total. The molecule has 4 rings (SSSR count). The number of thiophene rings is 1. The highest BCUT2D eigenvalue weighted by Crippen LogP contribution is 2.41. The number of methoxy groups -OCH3 is 4. The van der Waals surface area contributed by atoms with Crippen molar-refractivity contribution < 1.29 is 18.9 Å². The first-order valence-electron chi connectivity index (χ1n) is 9.97. The largest absolute Gasteiger partial charge is 0.493 e. The van der Waals surface area contributed by atoms with Crippen LogP contribution in [0.4, 0.5) is 0 Å². The molecule has 0 unspecified atom stereocenters. The molecule has 30 heavy (non-hydrogen) atoms. The van der Waals surface area contributed by atoms with E-state index in [9.17, 15) is 4.79 Å². The van der Waals surface area contributed by atoms with Gasteiger partial charge in [-0.1, -0.05) is 0 Å². The lowest BCUT2D eigenvalue weighted by Gasteiger charge is -2.17. The number of hydrogen-bond donors (Lipinski definition) is 0. The van der Waals surface area contributed by atoms with Gasteiger partial charge in [0.2, 0.25) is 5.75 Å². The fraction of sp³-hybridized carbons (Fsp3) is 0.455. The van der Waals surface area contributed by atoms with Crippen LogP contribution in [0.25, 0.3) is 21.6 Å². The van der Waals surface area contributed by atoms with E-state index in [1.54, 1.807) is 44.3 Å². The van der Waals surface area contributed by atoms with Gasteiger partial charge in [0.05, 0.1) is 39.9 Å². The molecule has 0 fully saturated rings. The average Bonchev–Trinajstić information content (AvgIpc) is 3.15. The van der Waals surface area contributed by atoms with Crippen LogP contribution in [0, 0.1) is 0 Å². The van der Waals surface area contributed by atoms with Crippen LogP contribution in [0.15, 0.2) is 16.9 Å². The molecular formula is C22H26N2O5S. The van der Waals surface area contributed by atoms with E-state index in [1.165, 1.54) is 10.4 Å². The zero-order valence-corrected chi connectivity index (χ0v) is 18.6. The molecule has 2 heterocycles. The van der Waals surface area contributed by atoms with Crippen LogP contribution in [0.5, 0.6) is 17.2 Å². The molecule has 1 aliphatic rings. The summed E-state index contributed by atoms with van der Waals surface area (Å²) in [7, 11) is 6.34. The molecule has 0 radical (unpaired) electrons. The molecule has 0 saturated heterocycles. The van der Waals surface area contributed by atoms with E-state index < -0.39 is 0 Å². The van der Waals surface area contributed by atoms with Crippen molar-refractivity contribution in [3.8, 4) is 28.6 Å². The second-order valence-corrected chi connectivity index (χ2v) is 8.27. The number of hydrogen-bond acceptors (Lipinski definition) is 7. The van der Waals surface area contributed by atoms with Gasteiger partial charge in [-0.3, -0.25) is 9.36 Å². The first-order chi connectivity index (χ1) is 14.6. The number of rotatable bonds is 7. The van der Waals surface area contributed by atoms with E-state index in [0.29, 0.717) is 36.2 Å². The fourth-order valence-electron chi connectivity index (χ4n) is 4.06. The van der Waals surface area contributed by atoms with Gasteiger partial charge in [-0.05, 0) is 43.4 Å². The molecule has 160 valence electrons. The smallest absolute Gasteiger partial charge is 0.262 e. The number of aryl methyl sites for hydroxylation is 2. The van der Waals surface area contributed by atoms with Crippen molar-refractivity contribution in [1.29, 1.82) is 0 Å². The average molecular weight is 431 g/mol. The molecule has 0 spiro atoms. The lowest BCUT2D eigenvalue weighted by Crippen LogP contribution is -2.25. The summed E-state index contributed by atoms with van der Waals surface area (Å²) in [4.78, 5) is 20.6. The Balaban J connectivity index is 1.99. The van der Waals surface area contributed by atoms with Crippen molar-refractivity contribution in [3.05, 3.63) is 32.9 Å². The summed E-state index contributed by atoms with van der Waals surface area (Å²) in [5, 5.41) is 0.766. The first-order valence-corrected chi connectivity index (χ1v) is 10.8. The Morgan fingerprint density at radius 2 is 1.73 bits per heavy atom. The van der Waals surface area contributed by atoms with E-state index in [0.717, 1.165) is 41.5 Å². The zero-order chi connectivity index (χ0) is 21.3. The minimum Gasteiger partial charge on any atom is -0.493 e. The fourth-order valence-corrected chi connectivity index (χ4v) is 5.31. The summed E-state index contributed by atoms with van der Waals surface area (Å²) in [6.45, 7) is 0.825. The second-order valence-electron chi connectivity index (χ2n) is 7.19. The summed E-state index contributed by atoms with van der Waals surface area (Å²) < 4.78 is 23.4. The van der Waals surface area contributed by atoms with Crippen LogP contribution in [0.3, 0.4) is 0 Å². The van der Waals surface area contributed by atoms with E-state index in [2.05, 4.69) is 0 Å². The van der Waals surface area contributed by atoms with Gasteiger partial charge < -0.3 is 18.9 Å². The number of nitrogens with zero attached hydrogens (tertiary/aromatic N) is 2. The number of ether oxygens (including phenoxy) is 4. The van der Waals surface area contributed by atoms with Crippen LogP contribution >= 0.6 is 11.3 Å². The molecule has 0 atom stereocenters. The zero-order valence-electron chi connectivity index (χ0n) is 17.7. The number of fused-ring (bicyclic) bond motifs is 3. The lowest BCUT2D eigenvalue weighted by molar-refractivity contribution is 0.186. The standard InChI is InChI=1S/C22H26N2O5S/c1-26-10-9-24-20(13-11-15(27-2)19(29-4)16(12-13)28-3)23-21-18(22(24)25)14-7-5-6-8-17(14)30-21/h11-12H,5-10H2,1-4H3. The lowest BCUT2D eigenvalue weighted by atomic mass is 9.97. The quantitative estimate of drug-likeness (QED) is 0.570. The Morgan fingerprint density at radius 3 is 2.37 bits per heavy atom. The number of benzene rings is 1. The van der Waals surface area contributed by atoms with Gasteiger partial charge in [0.1, 0.15) is 10.7 Å². The Labute approximate surface area is 179 Å². The van der Waals surface area contributed by atoms with Gasteiger partial charge in [-0.2, -0.15) is 0 Å². The van der Waals surface area contributed by atoms with Gasteiger partial charge >= 0.3 is 0 Å². The summed E-state index contributed by atoms with van der Waals surface area (Å²) in [6.07, 6.45) is 4.25. The first kappa shape index (κ1) is 20.7. The normalized spacial score (nSPS) is 13.3. The minimum atomic E-state index is -0.0137. The Bertz CT molecular complexity index is 1110. The molecule has 7 nitrogen and oxygen atoms in total. The van der Waals surface area contributed by atoms with Gasteiger partial charge in [0.15, 0.2) is 11.5 Å². The highest BCUT2D eigenvalue weighted by molar-refractivity contribution is 7.18. The van der Waals surface area contributed by atoms with Crippen LogP contribution in [-0.4, -0.2) is 44.6 Å². The second kappa shape index (κ2) is 8.65.